The number of allylic oxidation sites excluding steroid dienone is 2. The van der Waals surface area contributed by atoms with Gasteiger partial charge in [-0.1, -0.05) is 39.8 Å². The maximum atomic E-state index is 12.1. The summed E-state index contributed by atoms with van der Waals surface area (Å²) in [5, 5.41) is 0. The van der Waals surface area contributed by atoms with E-state index in [9.17, 15) is 4.79 Å². The molecule has 0 radical (unpaired) electrons. The van der Waals surface area contributed by atoms with Gasteiger partial charge in [-0.25, -0.2) is 0 Å². The summed E-state index contributed by atoms with van der Waals surface area (Å²) < 4.78 is 0. The second kappa shape index (κ2) is 5.81. The van der Waals surface area contributed by atoms with Crippen molar-refractivity contribution in [2.45, 2.75) is 66.2 Å². The number of fused-ring (bicyclic) bond motifs is 1. The van der Waals surface area contributed by atoms with Crippen LogP contribution in [0.1, 0.15) is 66.2 Å². The van der Waals surface area contributed by atoms with Crippen molar-refractivity contribution in [1.82, 2.24) is 0 Å². The van der Waals surface area contributed by atoms with Gasteiger partial charge in [-0.3, -0.25) is 4.79 Å². The number of carbonyl (C=O) groups excluding carboxylic acids is 1. The largest absolute Gasteiger partial charge is 0.299 e. The van der Waals surface area contributed by atoms with Crippen LogP contribution in [-0.2, 0) is 4.79 Å². The van der Waals surface area contributed by atoms with Gasteiger partial charge in [0.25, 0.3) is 0 Å². The molecule has 1 heteroatoms. The Hall–Kier alpha value is -0.590. The van der Waals surface area contributed by atoms with E-state index < -0.39 is 0 Å². The van der Waals surface area contributed by atoms with Crippen molar-refractivity contribution in [2.75, 3.05) is 0 Å². The Labute approximate surface area is 118 Å². The first-order valence-electron chi connectivity index (χ1n) is 8.14. The first kappa shape index (κ1) is 14.8. The van der Waals surface area contributed by atoms with Crippen molar-refractivity contribution in [2.24, 2.45) is 29.1 Å². The minimum absolute atomic E-state index is 0.289. The second-order valence-corrected chi connectivity index (χ2v) is 7.48. The van der Waals surface area contributed by atoms with Crippen LogP contribution in [0, 0.1) is 29.1 Å². The van der Waals surface area contributed by atoms with Gasteiger partial charge >= 0.3 is 0 Å². The molecule has 2 saturated carbocycles. The average Bonchev–Trinajstić information content (AvgIpc) is 2.67. The number of carbonyl (C=O) groups is 1. The minimum atomic E-state index is 0.289. The Morgan fingerprint density at radius 1 is 1.32 bits per heavy atom. The van der Waals surface area contributed by atoms with Gasteiger partial charge in [0.15, 0.2) is 0 Å². The van der Waals surface area contributed by atoms with Crippen LogP contribution in [0.15, 0.2) is 12.2 Å². The molecule has 2 aliphatic carbocycles. The maximum Gasteiger partial charge on any atom is 0.136 e. The van der Waals surface area contributed by atoms with Gasteiger partial charge in [-0.15, -0.1) is 0 Å². The third-order valence-corrected chi connectivity index (χ3v) is 5.62. The highest BCUT2D eigenvalue weighted by Gasteiger charge is 2.51. The van der Waals surface area contributed by atoms with Crippen LogP contribution in [0.5, 0.6) is 0 Å². The lowest BCUT2D eigenvalue weighted by molar-refractivity contribution is -0.129. The van der Waals surface area contributed by atoms with Crippen molar-refractivity contribution >= 4 is 5.78 Å². The summed E-state index contributed by atoms with van der Waals surface area (Å²) in [5.41, 5.74) is 0.289. The molecule has 0 heterocycles. The highest BCUT2D eigenvalue weighted by atomic mass is 16.1. The Morgan fingerprint density at radius 2 is 2.05 bits per heavy atom. The fraction of sp³-hybridized carbons (Fsp3) is 0.833. The predicted octanol–water partition coefficient (Wildman–Crippen LogP) is 5.01. The molecule has 2 aliphatic rings. The molecule has 0 amide bonds. The van der Waals surface area contributed by atoms with E-state index in [1.54, 1.807) is 0 Å². The van der Waals surface area contributed by atoms with Crippen LogP contribution in [0.25, 0.3) is 0 Å². The van der Waals surface area contributed by atoms with E-state index in [1.807, 2.05) is 0 Å². The molecule has 0 aromatic carbocycles. The SMILES string of the molecule is CC(C)C/C=C/[C@@H](C)[C@H]1CC[C@H]2C(=O)CCC[C@]12C. The molecule has 0 aromatic rings. The van der Waals surface area contributed by atoms with Crippen molar-refractivity contribution in [3.8, 4) is 0 Å². The highest BCUT2D eigenvalue weighted by molar-refractivity contribution is 5.83. The third kappa shape index (κ3) is 2.95. The fourth-order valence-electron chi connectivity index (χ4n) is 4.53. The molecule has 0 bridgehead atoms. The summed E-state index contributed by atoms with van der Waals surface area (Å²) in [6.45, 7) is 9.27. The lowest BCUT2D eigenvalue weighted by atomic mass is 9.62. The van der Waals surface area contributed by atoms with Gasteiger partial charge < -0.3 is 0 Å². The molecule has 0 spiro atoms. The Morgan fingerprint density at radius 3 is 2.74 bits per heavy atom. The van der Waals surface area contributed by atoms with Crippen LogP contribution < -0.4 is 0 Å². The predicted molar refractivity (Wildman–Crippen MR) is 80.9 cm³/mol. The van der Waals surface area contributed by atoms with Gasteiger partial charge in [0.05, 0.1) is 0 Å². The van der Waals surface area contributed by atoms with E-state index in [4.69, 9.17) is 0 Å². The van der Waals surface area contributed by atoms with Crippen molar-refractivity contribution < 1.29 is 4.79 Å². The molecule has 108 valence electrons. The zero-order valence-corrected chi connectivity index (χ0v) is 13.1. The van der Waals surface area contributed by atoms with Crippen molar-refractivity contribution in [3.05, 3.63) is 12.2 Å². The Balaban J connectivity index is 2.04. The summed E-state index contributed by atoms with van der Waals surface area (Å²) >= 11 is 0. The molecule has 0 N–H and O–H groups in total. The number of Topliss-reactive ketones (excluding diaryl/α,β-unsaturated/α-hetero) is 1. The van der Waals surface area contributed by atoms with Crippen LogP contribution in [0.2, 0.25) is 0 Å². The quantitative estimate of drug-likeness (QED) is 0.651. The molecular weight excluding hydrogens is 232 g/mol. The molecule has 0 aromatic heterocycles. The number of rotatable bonds is 4. The normalized spacial score (nSPS) is 37.0. The lowest BCUT2D eigenvalue weighted by Crippen LogP contribution is -2.39. The molecule has 19 heavy (non-hydrogen) atoms. The summed E-state index contributed by atoms with van der Waals surface area (Å²) in [5.74, 6) is 3.00. The van der Waals surface area contributed by atoms with Crippen molar-refractivity contribution in [3.63, 3.8) is 0 Å². The molecule has 1 nitrogen and oxygen atoms in total. The summed E-state index contributed by atoms with van der Waals surface area (Å²) in [7, 11) is 0. The molecule has 0 aliphatic heterocycles. The lowest BCUT2D eigenvalue weighted by Gasteiger charge is -2.41. The van der Waals surface area contributed by atoms with E-state index in [2.05, 4.69) is 39.8 Å². The number of hydrogen-bond acceptors (Lipinski definition) is 1. The topological polar surface area (TPSA) is 17.1 Å². The smallest absolute Gasteiger partial charge is 0.136 e. The first-order chi connectivity index (χ1) is 8.95. The van der Waals surface area contributed by atoms with Gasteiger partial charge in [0.1, 0.15) is 5.78 Å². The van der Waals surface area contributed by atoms with Gasteiger partial charge in [0.2, 0.25) is 0 Å². The zero-order valence-electron chi connectivity index (χ0n) is 13.1. The molecule has 4 atom stereocenters. The number of ketones is 1. The van der Waals surface area contributed by atoms with Gasteiger partial charge in [-0.05, 0) is 55.3 Å². The van der Waals surface area contributed by atoms with Gasteiger partial charge in [0, 0.05) is 12.3 Å². The molecule has 0 unspecified atom stereocenters. The van der Waals surface area contributed by atoms with E-state index in [0.717, 1.165) is 25.2 Å². The van der Waals surface area contributed by atoms with Crippen LogP contribution in [0.3, 0.4) is 0 Å². The Bertz CT molecular complexity index is 355. The summed E-state index contributed by atoms with van der Waals surface area (Å²) in [6, 6.07) is 0. The monoisotopic (exact) mass is 262 g/mol. The minimum Gasteiger partial charge on any atom is -0.299 e. The highest BCUT2D eigenvalue weighted by Crippen LogP contribution is 2.56. The summed E-state index contributed by atoms with van der Waals surface area (Å²) in [4.78, 5) is 12.1. The first-order valence-corrected chi connectivity index (χ1v) is 8.14. The molecule has 2 fully saturated rings. The van der Waals surface area contributed by atoms with Crippen LogP contribution in [-0.4, -0.2) is 5.78 Å². The molecular formula is C18H30O. The maximum absolute atomic E-state index is 12.1. The van der Waals surface area contributed by atoms with Crippen LogP contribution in [0.4, 0.5) is 0 Å². The number of hydrogen-bond donors (Lipinski definition) is 0. The second-order valence-electron chi connectivity index (χ2n) is 7.48. The zero-order chi connectivity index (χ0) is 14.0. The van der Waals surface area contributed by atoms with E-state index in [0.29, 0.717) is 23.5 Å². The van der Waals surface area contributed by atoms with E-state index in [-0.39, 0.29) is 5.41 Å². The molecule has 2 rings (SSSR count). The van der Waals surface area contributed by atoms with E-state index in [1.165, 1.54) is 19.3 Å². The summed E-state index contributed by atoms with van der Waals surface area (Å²) in [6.07, 6.45) is 11.6. The standard InChI is InChI=1S/C18H30O/c1-13(2)7-5-8-14(3)15-10-11-16-17(19)9-6-12-18(15,16)4/h5,8,13-16H,6-7,9-12H2,1-4H3/b8-5+/t14-,15-,16+,18-/m1/s1. The van der Waals surface area contributed by atoms with E-state index >= 15 is 0 Å². The Kier molecular flexibility index (Phi) is 4.53. The third-order valence-electron chi connectivity index (χ3n) is 5.62. The fourth-order valence-corrected chi connectivity index (χ4v) is 4.53. The average molecular weight is 262 g/mol. The van der Waals surface area contributed by atoms with Crippen LogP contribution >= 0.6 is 0 Å². The van der Waals surface area contributed by atoms with Crippen molar-refractivity contribution in [1.29, 1.82) is 0 Å². The molecule has 0 saturated heterocycles. The van der Waals surface area contributed by atoms with Gasteiger partial charge in [-0.2, -0.15) is 0 Å².